The van der Waals surface area contributed by atoms with Crippen molar-refractivity contribution < 1.29 is 23.6 Å². The maximum atomic E-state index is 13.4. The fourth-order valence-corrected chi connectivity index (χ4v) is 2.63. The third kappa shape index (κ3) is 7.02. The number of esters is 1. The number of nitrogens with zero attached hydrogens (tertiary/aromatic N) is 3. The monoisotopic (exact) mass is 404 g/mol. The fourth-order valence-electron chi connectivity index (χ4n) is 2.63. The number of hydrogen-bond donors (Lipinski definition) is 1. The normalized spacial score (nSPS) is 11.2. The Morgan fingerprint density at radius 2 is 2.07 bits per heavy atom. The predicted molar refractivity (Wildman–Crippen MR) is 105 cm³/mol. The number of carbonyl (C=O) groups is 2. The molecule has 156 valence electrons. The van der Waals surface area contributed by atoms with Gasteiger partial charge in [0.1, 0.15) is 5.82 Å². The number of oxime groups is 1. The molecule has 0 spiro atoms. The van der Waals surface area contributed by atoms with Crippen LogP contribution in [0.4, 0.5) is 4.39 Å². The highest BCUT2D eigenvalue weighted by molar-refractivity contribution is 6.44. The summed E-state index contributed by atoms with van der Waals surface area (Å²) in [6.07, 6.45) is 2.71. The van der Waals surface area contributed by atoms with Crippen LogP contribution in [0.1, 0.15) is 31.5 Å². The van der Waals surface area contributed by atoms with Crippen molar-refractivity contribution in [2.75, 3.05) is 26.3 Å². The van der Waals surface area contributed by atoms with Gasteiger partial charge in [-0.25, -0.2) is 9.18 Å². The van der Waals surface area contributed by atoms with Crippen LogP contribution in [0.2, 0.25) is 0 Å². The number of benzene rings is 1. The molecule has 2 aromatic rings. The maximum absolute atomic E-state index is 13.4. The summed E-state index contributed by atoms with van der Waals surface area (Å²) in [5.74, 6) is -1.27. The topological polar surface area (TPSA) is 96.9 Å². The van der Waals surface area contributed by atoms with E-state index in [0.29, 0.717) is 25.2 Å². The average molecular weight is 404 g/mol. The van der Waals surface area contributed by atoms with Gasteiger partial charge in [-0.05, 0) is 43.5 Å². The first-order chi connectivity index (χ1) is 14.0. The van der Waals surface area contributed by atoms with Gasteiger partial charge >= 0.3 is 5.97 Å². The summed E-state index contributed by atoms with van der Waals surface area (Å²) in [6.45, 7) is 4.31. The number of aromatic amines is 1. The van der Waals surface area contributed by atoms with Gasteiger partial charge in [0.2, 0.25) is 6.61 Å². The lowest BCUT2D eigenvalue weighted by molar-refractivity contribution is -0.148. The van der Waals surface area contributed by atoms with Crippen molar-refractivity contribution in [3.8, 4) is 0 Å². The highest BCUT2D eigenvalue weighted by Gasteiger charge is 2.23. The van der Waals surface area contributed by atoms with Gasteiger partial charge < -0.3 is 14.5 Å². The molecule has 0 aliphatic heterocycles. The molecular formula is C20H25FN4O4. The molecule has 0 radical (unpaired) electrons. The van der Waals surface area contributed by atoms with Gasteiger partial charge in [-0.3, -0.25) is 9.89 Å². The van der Waals surface area contributed by atoms with E-state index in [1.807, 2.05) is 13.0 Å². The molecule has 9 heteroatoms. The lowest BCUT2D eigenvalue weighted by atomic mass is 10.1. The number of hydrogen-bond acceptors (Lipinski definition) is 6. The minimum Gasteiger partial charge on any atom is -0.463 e. The molecule has 1 aromatic carbocycles. The fraction of sp³-hybridized carbons (Fsp3) is 0.400. The minimum atomic E-state index is -0.579. The molecule has 1 aromatic heterocycles. The molecule has 2 rings (SSSR count). The third-order valence-electron chi connectivity index (χ3n) is 3.94. The van der Waals surface area contributed by atoms with E-state index < -0.39 is 12.6 Å². The molecule has 29 heavy (non-hydrogen) atoms. The Balaban J connectivity index is 2.13. The summed E-state index contributed by atoms with van der Waals surface area (Å²) in [4.78, 5) is 31.2. The van der Waals surface area contributed by atoms with Crippen molar-refractivity contribution in [3.05, 3.63) is 53.6 Å². The standard InChI is InChI=1S/C20H25FN4O4/c1-3-11-25(12-9-15-6-5-7-16(21)13-15)20(27)19(17-8-10-22-23-17)24-29-14-18(26)28-4-2/h5-8,10,13H,3-4,9,11-12,14H2,1-2H3,(H,22,23)/b24-19+. The quantitative estimate of drug-likeness (QED) is 0.352. The molecule has 1 heterocycles. The third-order valence-corrected chi connectivity index (χ3v) is 3.94. The number of aromatic nitrogens is 2. The number of halogens is 1. The van der Waals surface area contributed by atoms with Gasteiger partial charge in [0, 0.05) is 19.3 Å². The Kier molecular flexibility index (Phi) is 8.81. The molecule has 0 unspecified atom stereocenters. The lowest BCUT2D eigenvalue weighted by Crippen LogP contribution is -2.39. The van der Waals surface area contributed by atoms with E-state index in [-0.39, 0.29) is 24.0 Å². The highest BCUT2D eigenvalue weighted by Crippen LogP contribution is 2.08. The van der Waals surface area contributed by atoms with Crippen LogP contribution < -0.4 is 0 Å². The van der Waals surface area contributed by atoms with Crippen LogP contribution in [0, 0.1) is 5.82 Å². The molecule has 0 fully saturated rings. The zero-order valence-corrected chi connectivity index (χ0v) is 16.6. The Hall–Kier alpha value is -3.23. The molecule has 1 amide bonds. The van der Waals surface area contributed by atoms with Crippen LogP contribution in [0.3, 0.4) is 0 Å². The Bertz CT molecular complexity index is 824. The second kappa shape index (κ2) is 11.6. The molecule has 0 atom stereocenters. The van der Waals surface area contributed by atoms with Crippen LogP contribution in [-0.4, -0.2) is 59.0 Å². The van der Waals surface area contributed by atoms with Crippen molar-refractivity contribution in [1.29, 1.82) is 0 Å². The number of ether oxygens (including phenoxy) is 1. The molecule has 0 aliphatic rings. The zero-order valence-electron chi connectivity index (χ0n) is 16.6. The van der Waals surface area contributed by atoms with Crippen molar-refractivity contribution in [3.63, 3.8) is 0 Å². The SMILES string of the molecule is CCCN(CCc1cccc(F)c1)C(=O)/C(=N/OCC(=O)OCC)c1ccn[nH]1. The number of rotatable bonds is 11. The van der Waals surface area contributed by atoms with Crippen molar-refractivity contribution in [2.45, 2.75) is 26.7 Å². The smallest absolute Gasteiger partial charge is 0.347 e. The van der Waals surface area contributed by atoms with E-state index >= 15 is 0 Å². The molecule has 1 N–H and O–H groups in total. The Morgan fingerprint density at radius 1 is 1.24 bits per heavy atom. The maximum Gasteiger partial charge on any atom is 0.347 e. The van der Waals surface area contributed by atoms with E-state index in [2.05, 4.69) is 15.4 Å². The van der Waals surface area contributed by atoms with Crippen LogP contribution in [-0.2, 0) is 25.6 Å². The van der Waals surface area contributed by atoms with Gasteiger partial charge in [0.25, 0.3) is 5.91 Å². The summed E-state index contributed by atoms with van der Waals surface area (Å²) < 4.78 is 18.2. The summed E-state index contributed by atoms with van der Waals surface area (Å²) in [6, 6.07) is 7.85. The molecule has 0 aliphatic carbocycles. The second-order valence-electron chi connectivity index (χ2n) is 6.16. The Labute approximate surface area is 168 Å². The van der Waals surface area contributed by atoms with E-state index in [9.17, 15) is 14.0 Å². The highest BCUT2D eigenvalue weighted by atomic mass is 19.1. The van der Waals surface area contributed by atoms with Crippen LogP contribution in [0.25, 0.3) is 0 Å². The van der Waals surface area contributed by atoms with Crippen molar-refractivity contribution in [2.24, 2.45) is 5.16 Å². The van der Waals surface area contributed by atoms with E-state index in [1.165, 1.54) is 18.3 Å². The van der Waals surface area contributed by atoms with E-state index in [1.54, 1.807) is 24.0 Å². The van der Waals surface area contributed by atoms with E-state index in [0.717, 1.165) is 12.0 Å². The summed E-state index contributed by atoms with van der Waals surface area (Å²) in [7, 11) is 0. The minimum absolute atomic E-state index is 0.000472. The first-order valence-corrected chi connectivity index (χ1v) is 9.44. The summed E-state index contributed by atoms with van der Waals surface area (Å²) in [5, 5.41) is 10.4. The first-order valence-electron chi connectivity index (χ1n) is 9.44. The van der Waals surface area contributed by atoms with Gasteiger partial charge in [-0.1, -0.05) is 24.2 Å². The van der Waals surface area contributed by atoms with Crippen LogP contribution in [0.15, 0.2) is 41.7 Å². The molecular weight excluding hydrogens is 379 g/mol. The first kappa shape index (κ1) is 22.1. The largest absolute Gasteiger partial charge is 0.463 e. The van der Waals surface area contributed by atoms with E-state index in [4.69, 9.17) is 9.57 Å². The van der Waals surface area contributed by atoms with Crippen molar-refractivity contribution in [1.82, 2.24) is 15.1 Å². The van der Waals surface area contributed by atoms with Gasteiger partial charge in [-0.15, -0.1) is 0 Å². The van der Waals surface area contributed by atoms with Crippen LogP contribution >= 0.6 is 0 Å². The number of amides is 1. The second-order valence-corrected chi connectivity index (χ2v) is 6.16. The van der Waals surface area contributed by atoms with Crippen LogP contribution in [0.5, 0.6) is 0 Å². The molecule has 0 saturated carbocycles. The molecule has 0 saturated heterocycles. The summed E-state index contributed by atoms with van der Waals surface area (Å²) >= 11 is 0. The Morgan fingerprint density at radius 3 is 2.72 bits per heavy atom. The zero-order chi connectivity index (χ0) is 21.1. The van der Waals surface area contributed by atoms with Gasteiger partial charge in [-0.2, -0.15) is 5.10 Å². The summed E-state index contributed by atoms with van der Waals surface area (Å²) in [5.41, 5.74) is 1.16. The number of H-pyrrole nitrogens is 1. The average Bonchev–Trinajstić information content (AvgIpc) is 3.23. The lowest BCUT2D eigenvalue weighted by Gasteiger charge is -2.22. The predicted octanol–water partition coefficient (Wildman–Crippen LogP) is 2.31. The van der Waals surface area contributed by atoms with Crippen molar-refractivity contribution >= 4 is 17.6 Å². The number of carbonyl (C=O) groups excluding carboxylic acids is 2. The van der Waals surface area contributed by atoms with Gasteiger partial charge in [0.05, 0.1) is 12.3 Å². The number of nitrogens with one attached hydrogen (secondary N) is 1. The molecule has 0 bridgehead atoms. The van der Waals surface area contributed by atoms with Gasteiger partial charge in [0.15, 0.2) is 5.71 Å². The molecule has 8 nitrogen and oxygen atoms in total.